The summed E-state index contributed by atoms with van der Waals surface area (Å²) in [4.78, 5) is 12.6. The molecule has 4 nitrogen and oxygen atoms in total. The molecule has 0 aliphatic heterocycles. The van der Waals surface area contributed by atoms with Crippen molar-refractivity contribution < 1.29 is 4.79 Å². The van der Waals surface area contributed by atoms with Gasteiger partial charge in [-0.25, -0.2) is 0 Å². The van der Waals surface area contributed by atoms with Crippen LogP contribution in [-0.4, -0.2) is 16.1 Å². The molecule has 0 saturated heterocycles. The van der Waals surface area contributed by atoms with Crippen LogP contribution in [0.1, 0.15) is 48.2 Å². The first kappa shape index (κ1) is 18.3. The van der Waals surface area contributed by atoms with Gasteiger partial charge < -0.3 is 5.32 Å². The smallest absolute Gasteiger partial charge is 0.227 e. The number of hydrogen-bond acceptors (Lipinski definition) is 4. The van der Waals surface area contributed by atoms with Crippen molar-refractivity contribution in [2.45, 2.75) is 38.5 Å². The molecule has 1 heterocycles. The number of amides is 1. The molecule has 3 rings (SSSR count). The van der Waals surface area contributed by atoms with Gasteiger partial charge in [-0.15, -0.1) is 10.2 Å². The minimum absolute atomic E-state index is 0.0184. The second kappa shape index (κ2) is 9.25. The summed E-state index contributed by atoms with van der Waals surface area (Å²) in [7, 11) is 0. The summed E-state index contributed by atoms with van der Waals surface area (Å²) in [5.74, 6) is -0.0224. The third-order valence-corrected chi connectivity index (χ3v) is 5.15. The van der Waals surface area contributed by atoms with Crippen molar-refractivity contribution in [1.29, 1.82) is 0 Å². The van der Waals surface area contributed by atoms with Gasteiger partial charge in [-0.2, -0.15) is 0 Å². The highest BCUT2D eigenvalue weighted by Gasteiger charge is 2.19. The Balaban J connectivity index is 1.70. The largest absolute Gasteiger partial charge is 0.300 e. The average Bonchev–Trinajstić information content (AvgIpc) is 3.13. The van der Waals surface area contributed by atoms with Crippen molar-refractivity contribution in [2.75, 3.05) is 5.32 Å². The summed E-state index contributed by atoms with van der Waals surface area (Å²) in [6, 6.07) is 20.3. The molecule has 0 atom stereocenters. The number of unbranched alkanes of at least 4 members (excludes halogenated alkanes) is 1. The van der Waals surface area contributed by atoms with Crippen molar-refractivity contribution in [2.24, 2.45) is 0 Å². The Morgan fingerprint density at radius 1 is 1.00 bits per heavy atom. The highest BCUT2D eigenvalue weighted by atomic mass is 32.1. The SMILES string of the molecule is CCCCc1nnc(NC(=O)CC(c2ccccc2)c2ccccc2)s1. The van der Waals surface area contributed by atoms with Crippen LogP contribution < -0.4 is 5.32 Å². The van der Waals surface area contributed by atoms with Gasteiger partial charge in [-0.1, -0.05) is 85.3 Å². The highest BCUT2D eigenvalue weighted by Crippen LogP contribution is 2.28. The first-order chi connectivity index (χ1) is 12.8. The van der Waals surface area contributed by atoms with Gasteiger partial charge in [0, 0.05) is 18.8 Å². The lowest BCUT2D eigenvalue weighted by Gasteiger charge is -2.17. The fourth-order valence-electron chi connectivity index (χ4n) is 2.89. The van der Waals surface area contributed by atoms with Gasteiger partial charge in [0.1, 0.15) is 5.01 Å². The van der Waals surface area contributed by atoms with Crippen LogP contribution in [0.25, 0.3) is 0 Å². The summed E-state index contributed by atoms with van der Waals surface area (Å²) in [6.45, 7) is 2.15. The summed E-state index contributed by atoms with van der Waals surface area (Å²) in [5, 5.41) is 12.7. The van der Waals surface area contributed by atoms with E-state index in [-0.39, 0.29) is 11.8 Å². The zero-order chi connectivity index (χ0) is 18.2. The monoisotopic (exact) mass is 365 g/mol. The fraction of sp³-hybridized carbons (Fsp3) is 0.286. The molecular weight excluding hydrogens is 342 g/mol. The Morgan fingerprint density at radius 2 is 1.62 bits per heavy atom. The minimum atomic E-state index is -0.0408. The predicted octanol–water partition coefficient (Wildman–Crippen LogP) is 5.04. The molecule has 26 heavy (non-hydrogen) atoms. The molecule has 2 aromatic carbocycles. The van der Waals surface area contributed by atoms with E-state index in [9.17, 15) is 4.79 Å². The van der Waals surface area contributed by atoms with Crippen LogP contribution in [0.5, 0.6) is 0 Å². The van der Waals surface area contributed by atoms with E-state index >= 15 is 0 Å². The Kier molecular flexibility index (Phi) is 6.50. The Bertz CT molecular complexity index is 778. The number of aryl methyl sites for hydroxylation is 1. The molecule has 1 aromatic heterocycles. The molecule has 0 saturated carbocycles. The van der Waals surface area contributed by atoms with Crippen LogP contribution in [0.2, 0.25) is 0 Å². The minimum Gasteiger partial charge on any atom is -0.300 e. The van der Waals surface area contributed by atoms with Gasteiger partial charge >= 0.3 is 0 Å². The van der Waals surface area contributed by atoms with Crippen molar-refractivity contribution >= 4 is 22.4 Å². The molecule has 0 radical (unpaired) electrons. The maximum atomic E-state index is 12.6. The number of nitrogens with one attached hydrogen (secondary N) is 1. The van der Waals surface area contributed by atoms with Crippen molar-refractivity contribution in [3.05, 3.63) is 76.8 Å². The molecule has 0 spiro atoms. The van der Waals surface area contributed by atoms with E-state index in [1.807, 2.05) is 36.4 Å². The lowest BCUT2D eigenvalue weighted by Crippen LogP contribution is -2.16. The lowest BCUT2D eigenvalue weighted by molar-refractivity contribution is -0.116. The van der Waals surface area contributed by atoms with Crippen molar-refractivity contribution in [1.82, 2.24) is 10.2 Å². The van der Waals surface area contributed by atoms with E-state index in [1.54, 1.807) is 0 Å². The number of rotatable bonds is 8. The van der Waals surface area contributed by atoms with E-state index < -0.39 is 0 Å². The van der Waals surface area contributed by atoms with Gasteiger partial charge in [0.05, 0.1) is 0 Å². The molecule has 134 valence electrons. The number of anilines is 1. The van der Waals surface area contributed by atoms with Crippen molar-refractivity contribution in [3.8, 4) is 0 Å². The van der Waals surface area contributed by atoms with Gasteiger partial charge in [-0.05, 0) is 17.5 Å². The van der Waals surface area contributed by atoms with Gasteiger partial charge in [0.25, 0.3) is 0 Å². The van der Waals surface area contributed by atoms with Crippen LogP contribution in [-0.2, 0) is 11.2 Å². The van der Waals surface area contributed by atoms with Crippen LogP contribution in [0.3, 0.4) is 0 Å². The molecular formula is C21H23N3OS. The van der Waals surface area contributed by atoms with E-state index in [1.165, 1.54) is 11.3 Å². The molecule has 1 N–H and O–H groups in total. The topological polar surface area (TPSA) is 54.9 Å². The third kappa shape index (κ3) is 4.99. The summed E-state index contributed by atoms with van der Waals surface area (Å²) < 4.78 is 0. The third-order valence-electron chi connectivity index (χ3n) is 4.25. The fourth-order valence-corrected chi connectivity index (χ4v) is 3.69. The summed E-state index contributed by atoms with van der Waals surface area (Å²) in [5.41, 5.74) is 2.27. The number of benzene rings is 2. The number of hydrogen-bond donors (Lipinski definition) is 1. The quantitative estimate of drug-likeness (QED) is 0.608. The standard InChI is InChI=1S/C21H23N3OS/c1-2-3-14-20-23-24-21(26-20)22-19(25)15-18(16-10-6-4-7-11-16)17-12-8-5-9-13-17/h4-13,18H,2-3,14-15H2,1H3,(H,22,24,25). The Hall–Kier alpha value is -2.53. The molecule has 0 fully saturated rings. The van der Waals surface area contributed by atoms with E-state index in [2.05, 4.69) is 46.7 Å². The Morgan fingerprint density at radius 3 is 2.19 bits per heavy atom. The van der Waals surface area contributed by atoms with E-state index in [0.717, 1.165) is 35.4 Å². The Labute approximate surface area is 158 Å². The van der Waals surface area contributed by atoms with Crippen LogP contribution in [0.4, 0.5) is 5.13 Å². The number of aromatic nitrogens is 2. The highest BCUT2D eigenvalue weighted by molar-refractivity contribution is 7.15. The molecule has 0 bridgehead atoms. The summed E-state index contributed by atoms with van der Waals surface area (Å²) >= 11 is 1.47. The van der Waals surface area contributed by atoms with Crippen LogP contribution in [0.15, 0.2) is 60.7 Å². The van der Waals surface area contributed by atoms with Gasteiger partial charge in [0.2, 0.25) is 11.0 Å². The predicted molar refractivity (Wildman–Crippen MR) is 106 cm³/mol. The summed E-state index contributed by atoms with van der Waals surface area (Å²) in [6.07, 6.45) is 3.50. The molecule has 5 heteroatoms. The lowest BCUT2D eigenvalue weighted by atomic mass is 9.88. The van der Waals surface area contributed by atoms with Crippen LogP contribution in [0, 0.1) is 0 Å². The van der Waals surface area contributed by atoms with E-state index in [0.29, 0.717) is 11.6 Å². The maximum Gasteiger partial charge on any atom is 0.227 e. The van der Waals surface area contributed by atoms with Crippen LogP contribution >= 0.6 is 11.3 Å². The number of nitrogens with zero attached hydrogens (tertiary/aromatic N) is 2. The first-order valence-corrected chi connectivity index (χ1v) is 9.80. The van der Waals surface area contributed by atoms with Gasteiger partial charge in [-0.3, -0.25) is 4.79 Å². The molecule has 0 aliphatic carbocycles. The zero-order valence-corrected chi connectivity index (χ0v) is 15.7. The maximum absolute atomic E-state index is 12.6. The number of carbonyl (C=O) groups excluding carboxylic acids is 1. The molecule has 3 aromatic rings. The van der Waals surface area contributed by atoms with E-state index in [4.69, 9.17) is 0 Å². The van der Waals surface area contributed by atoms with Crippen molar-refractivity contribution in [3.63, 3.8) is 0 Å². The molecule has 0 aliphatic rings. The second-order valence-corrected chi connectivity index (χ2v) is 7.29. The zero-order valence-electron chi connectivity index (χ0n) is 14.9. The van der Waals surface area contributed by atoms with Gasteiger partial charge in [0.15, 0.2) is 0 Å². The molecule has 0 unspecified atom stereocenters. The second-order valence-electron chi connectivity index (χ2n) is 6.23. The first-order valence-electron chi connectivity index (χ1n) is 8.98. The normalized spacial score (nSPS) is 10.8. The average molecular weight is 366 g/mol. The number of carbonyl (C=O) groups is 1. The molecule has 1 amide bonds.